The molecule has 0 unspecified atom stereocenters. The van der Waals surface area contributed by atoms with Gasteiger partial charge in [-0.2, -0.15) is 4.98 Å². The zero-order valence-corrected chi connectivity index (χ0v) is 24.0. The SMILES string of the molecule is CC.CCCC.Cc1ccc(Nc2nc(N3CCCCC3)ncc2Cl)cc1N(C=O)CCC(C)(C)O. The molecule has 1 aromatic carbocycles. The van der Waals surface area contributed by atoms with E-state index in [1.54, 1.807) is 24.9 Å². The monoisotopic (exact) mass is 519 g/mol. The van der Waals surface area contributed by atoms with Crippen molar-refractivity contribution in [3.8, 4) is 0 Å². The third-order valence-corrected chi connectivity index (χ3v) is 6.02. The van der Waals surface area contributed by atoms with E-state index in [4.69, 9.17) is 11.6 Å². The summed E-state index contributed by atoms with van der Waals surface area (Å²) >= 11 is 6.35. The first-order chi connectivity index (χ1) is 17.2. The highest BCUT2D eigenvalue weighted by molar-refractivity contribution is 6.32. The van der Waals surface area contributed by atoms with Crippen molar-refractivity contribution < 1.29 is 9.90 Å². The number of nitrogens with one attached hydrogen (secondary N) is 1. The highest BCUT2D eigenvalue weighted by Crippen LogP contribution is 2.30. The third-order valence-electron chi connectivity index (χ3n) is 5.74. The topological polar surface area (TPSA) is 81.6 Å². The van der Waals surface area contributed by atoms with Crippen LogP contribution in [-0.2, 0) is 4.79 Å². The molecule has 0 spiro atoms. The van der Waals surface area contributed by atoms with Gasteiger partial charge >= 0.3 is 0 Å². The molecular formula is C28H46ClN5O2. The molecule has 1 saturated heterocycles. The molecule has 8 heteroatoms. The minimum Gasteiger partial charge on any atom is -0.390 e. The highest BCUT2D eigenvalue weighted by Gasteiger charge is 2.18. The predicted octanol–water partition coefficient (Wildman–Crippen LogP) is 7.13. The quantitative estimate of drug-likeness (QED) is 0.343. The number of aliphatic hydroxyl groups is 1. The first kappa shape index (κ1) is 31.6. The number of aromatic nitrogens is 2. The van der Waals surface area contributed by atoms with E-state index in [1.165, 1.54) is 19.3 Å². The number of carbonyl (C=O) groups excluding carboxylic acids is 1. The maximum Gasteiger partial charge on any atom is 0.227 e. The smallest absolute Gasteiger partial charge is 0.227 e. The summed E-state index contributed by atoms with van der Waals surface area (Å²) in [5.41, 5.74) is 1.67. The lowest BCUT2D eigenvalue weighted by Gasteiger charge is -2.27. The van der Waals surface area contributed by atoms with E-state index in [2.05, 4.69) is 34.0 Å². The van der Waals surface area contributed by atoms with Crippen molar-refractivity contribution >= 4 is 41.2 Å². The van der Waals surface area contributed by atoms with Gasteiger partial charge in [-0.3, -0.25) is 4.79 Å². The van der Waals surface area contributed by atoms with Gasteiger partial charge in [-0.05, 0) is 64.2 Å². The van der Waals surface area contributed by atoms with Gasteiger partial charge in [0.05, 0.1) is 11.8 Å². The number of hydrogen-bond donors (Lipinski definition) is 2. The number of benzene rings is 1. The fraction of sp³-hybridized carbons (Fsp3) is 0.607. The maximum atomic E-state index is 11.7. The summed E-state index contributed by atoms with van der Waals surface area (Å²) in [7, 11) is 0. The van der Waals surface area contributed by atoms with Gasteiger partial charge in [-0.1, -0.05) is 58.2 Å². The summed E-state index contributed by atoms with van der Waals surface area (Å²) < 4.78 is 0. The van der Waals surface area contributed by atoms with Crippen LogP contribution in [0, 0.1) is 6.92 Å². The van der Waals surface area contributed by atoms with Crippen molar-refractivity contribution in [3.63, 3.8) is 0 Å². The molecule has 36 heavy (non-hydrogen) atoms. The number of piperidine rings is 1. The number of carbonyl (C=O) groups is 1. The van der Waals surface area contributed by atoms with Crippen LogP contribution >= 0.6 is 11.6 Å². The Bertz CT molecular complexity index is 909. The van der Waals surface area contributed by atoms with Crippen molar-refractivity contribution in [2.24, 2.45) is 0 Å². The van der Waals surface area contributed by atoms with Crippen LogP contribution in [0.4, 0.5) is 23.1 Å². The summed E-state index contributed by atoms with van der Waals surface area (Å²) in [6, 6.07) is 5.77. The predicted molar refractivity (Wildman–Crippen MR) is 154 cm³/mol. The maximum absolute atomic E-state index is 11.7. The molecule has 1 aliphatic heterocycles. The summed E-state index contributed by atoms with van der Waals surface area (Å²) in [5, 5.41) is 13.7. The molecule has 1 amide bonds. The average molecular weight is 520 g/mol. The first-order valence-electron chi connectivity index (χ1n) is 13.3. The molecule has 3 rings (SSSR count). The Kier molecular flexibility index (Phi) is 14.4. The molecule has 0 atom stereocenters. The van der Waals surface area contributed by atoms with Crippen LogP contribution in [0.5, 0.6) is 0 Å². The van der Waals surface area contributed by atoms with Gasteiger partial charge in [0.25, 0.3) is 0 Å². The molecule has 1 aliphatic rings. The number of hydrogen-bond acceptors (Lipinski definition) is 6. The van der Waals surface area contributed by atoms with Gasteiger partial charge in [-0.15, -0.1) is 0 Å². The number of unbranched alkanes of at least 4 members (excludes halogenated alkanes) is 1. The number of halogens is 1. The Balaban J connectivity index is 0.000000982. The Hall–Kier alpha value is -2.38. The molecule has 1 aromatic heterocycles. The highest BCUT2D eigenvalue weighted by atomic mass is 35.5. The number of aryl methyl sites for hydroxylation is 1. The second kappa shape index (κ2) is 16.4. The molecule has 202 valence electrons. The van der Waals surface area contributed by atoms with Crippen LogP contribution in [0.15, 0.2) is 24.4 Å². The Morgan fingerprint density at radius 3 is 2.36 bits per heavy atom. The van der Waals surface area contributed by atoms with E-state index in [1.807, 2.05) is 39.0 Å². The normalized spacial score (nSPS) is 13.1. The fourth-order valence-corrected chi connectivity index (χ4v) is 3.59. The summed E-state index contributed by atoms with van der Waals surface area (Å²) in [5.74, 6) is 1.21. The van der Waals surface area contributed by atoms with Crippen LogP contribution in [0.25, 0.3) is 0 Å². The average Bonchev–Trinajstić information content (AvgIpc) is 2.88. The fourth-order valence-electron chi connectivity index (χ4n) is 3.45. The molecule has 0 bridgehead atoms. The van der Waals surface area contributed by atoms with E-state index >= 15 is 0 Å². The van der Waals surface area contributed by atoms with Gasteiger partial charge in [0.15, 0.2) is 5.82 Å². The molecule has 1 fully saturated rings. The lowest BCUT2D eigenvalue weighted by molar-refractivity contribution is -0.107. The number of rotatable bonds is 9. The zero-order valence-electron chi connectivity index (χ0n) is 23.3. The van der Waals surface area contributed by atoms with Gasteiger partial charge < -0.3 is 20.2 Å². The van der Waals surface area contributed by atoms with Crippen LogP contribution in [0.3, 0.4) is 0 Å². The van der Waals surface area contributed by atoms with Gasteiger partial charge in [0.1, 0.15) is 5.02 Å². The van der Waals surface area contributed by atoms with Crippen LogP contribution < -0.4 is 15.1 Å². The van der Waals surface area contributed by atoms with Crippen molar-refractivity contribution in [3.05, 3.63) is 35.0 Å². The van der Waals surface area contributed by atoms with Crippen molar-refractivity contribution in [1.29, 1.82) is 0 Å². The largest absolute Gasteiger partial charge is 0.390 e. The second-order valence-corrected chi connectivity index (χ2v) is 9.81. The zero-order chi connectivity index (χ0) is 27.1. The Labute approximate surface area is 223 Å². The van der Waals surface area contributed by atoms with Gasteiger partial charge in [0, 0.05) is 31.0 Å². The summed E-state index contributed by atoms with van der Waals surface area (Å²) in [6.07, 6.45) is 9.05. The summed E-state index contributed by atoms with van der Waals surface area (Å²) in [4.78, 5) is 24.5. The van der Waals surface area contributed by atoms with E-state index < -0.39 is 5.60 Å². The van der Waals surface area contributed by atoms with Crippen LogP contribution in [0.2, 0.25) is 5.02 Å². The van der Waals surface area contributed by atoms with E-state index in [0.717, 1.165) is 49.3 Å². The Morgan fingerprint density at radius 2 is 1.81 bits per heavy atom. The second-order valence-electron chi connectivity index (χ2n) is 9.40. The number of nitrogens with zero attached hydrogens (tertiary/aromatic N) is 4. The molecule has 7 nitrogen and oxygen atoms in total. The van der Waals surface area contributed by atoms with E-state index in [0.29, 0.717) is 29.8 Å². The van der Waals surface area contributed by atoms with Crippen molar-refractivity contribution in [2.45, 2.75) is 92.6 Å². The van der Waals surface area contributed by atoms with E-state index in [9.17, 15) is 9.90 Å². The van der Waals surface area contributed by atoms with Crippen LogP contribution in [-0.4, -0.2) is 46.7 Å². The van der Waals surface area contributed by atoms with E-state index in [-0.39, 0.29) is 0 Å². The molecule has 0 aliphatic carbocycles. The molecule has 2 heterocycles. The minimum absolute atomic E-state index is 0.421. The third kappa shape index (κ3) is 10.7. The number of anilines is 4. The van der Waals surface area contributed by atoms with Gasteiger partial charge in [-0.25, -0.2) is 4.98 Å². The number of amides is 1. The minimum atomic E-state index is -0.843. The van der Waals surface area contributed by atoms with Crippen molar-refractivity contribution in [2.75, 3.05) is 34.8 Å². The molecule has 2 aromatic rings. The lowest BCUT2D eigenvalue weighted by atomic mass is 10.0. The molecule has 0 saturated carbocycles. The first-order valence-corrected chi connectivity index (χ1v) is 13.7. The molecule has 2 N–H and O–H groups in total. The van der Waals surface area contributed by atoms with Gasteiger partial charge in [0.2, 0.25) is 12.4 Å². The molecular weight excluding hydrogens is 474 g/mol. The Morgan fingerprint density at radius 1 is 1.17 bits per heavy atom. The standard InChI is InChI=1S/C22H30ClN5O2.C4H10.C2H6/c1-16-7-8-17(13-19(16)28(15-29)12-9-22(2,3)30)25-20-18(23)14-24-21(26-20)27-10-5-4-6-11-27;1-3-4-2;1-2/h7-8,13-15,30H,4-6,9-12H2,1-3H3,(H,24,25,26);3-4H2,1-2H3;1-2H3. The lowest BCUT2D eigenvalue weighted by Crippen LogP contribution is -2.31. The van der Waals surface area contributed by atoms with Crippen LogP contribution in [0.1, 0.15) is 85.6 Å². The van der Waals surface area contributed by atoms with Crippen molar-refractivity contribution in [1.82, 2.24) is 9.97 Å². The molecule has 0 radical (unpaired) electrons. The summed E-state index contributed by atoms with van der Waals surface area (Å²) in [6.45, 7) is 16.1.